The first-order chi connectivity index (χ1) is 9.69. The van der Waals surface area contributed by atoms with Gasteiger partial charge in [0, 0.05) is 25.5 Å². The summed E-state index contributed by atoms with van der Waals surface area (Å²) in [5.74, 6) is 1.93. The quantitative estimate of drug-likeness (QED) is 0.835. The Bertz CT molecular complexity index is 394. The van der Waals surface area contributed by atoms with E-state index in [0.29, 0.717) is 6.54 Å². The van der Waals surface area contributed by atoms with Gasteiger partial charge < -0.3 is 15.0 Å². The zero-order chi connectivity index (χ0) is 14.4. The van der Waals surface area contributed by atoms with E-state index in [-0.39, 0.29) is 5.60 Å². The van der Waals surface area contributed by atoms with Gasteiger partial charge in [0.1, 0.15) is 5.82 Å². The lowest BCUT2D eigenvalue weighted by molar-refractivity contribution is -0.0744. The summed E-state index contributed by atoms with van der Waals surface area (Å²) in [6.45, 7) is 6.54. The summed E-state index contributed by atoms with van der Waals surface area (Å²) in [4.78, 5) is 4.23. The van der Waals surface area contributed by atoms with Crippen molar-refractivity contribution in [1.29, 1.82) is 0 Å². The maximum Gasteiger partial charge on any atom is 0.105 e. The SMILES string of the molecule is CCCC1CCC(CN)(OCCn2ccnc2C)CC1. The summed E-state index contributed by atoms with van der Waals surface area (Å²) in [5, 5.41) is 0. The first kappa shape index (κ1) is 15.5. The van der Waals surface area contributed by atoms with Crippen LogP contribution in [0.4, 0.5) is 0 Å². The number of ether oxygens (including phenoxy) is 1. The van der Waals surface area contributed by atoms with Gasteiger partial charge in [0.2, 0.25) is 0 Å². The number of imidazole rings is 1. The number of rotatable bonds is 7. The lowest BCUT2D eigenvalue weighted by Crippen LogP contribution is -2.44. The summed E-state index contributed by atoms with van der Waals surface area (Å²) in [6, 6.07) is 0. The second-order valence-corrected chi connectivity index (χ2v) is 6.14. The molecule has 1 aromatic heterocycles. The highest BCUT2D eigenvalue weighted by atomic mass is 16.5. The van der Waals surface area contributed by atoms with Crippen LogP contribution in [0.2, 0.25) is 0 Å². The van der Waals surface area contributed by atoms with E-state index in [9.17, 15) is 0 Å². The van der Waals surface area contributed by atoms with Crippen LogP contribution in [0.15, 0.2) is 12.4 Å². The zero-order valence-corrected chi connectivity index (χ0v) is 13.0. The molecule has 20 heavy (non-hydrogen) atoms. The predicted octanol–water partition coefficient (Wildman–Crippen LogP) is 2.90. The minimum atomic E-state index is -0.0707. The van der Waals surface area contributed by atoms with E-state index in [1.807, 2.05) is 19.3 Å². The molecule has 0 bridgehead atoms. The van der Waals surface area contributed by atoms with E-state index in [1.165, 1.54) is 25.7 Å². The Labute approximate surface area is 122 Å². The number of nitrogens with zero attached hydrogens (tertiary/aromatic N) is 2. The molecule has 1 aliphatic carbocycles. The topological polar surface area (TPSA) is 53.1 Å². The molecule has 0 aromatic carbocycles. The number of aryl methyl sites for hydroxylation is 1. The minimum absolute atomic E-state index is 0.0707. The average Bonchev–Trinajstić information content (AvgIpc) is 2.87. The van der Waals surface area contributed by atoms with Crippen LogP contribution in [0, 0.1) is 12.8 Å². The van der Waals surface area contributed by atoms with Gasteiger partial charge in [-0.2, -0.15) is 0 Å². The maximum atomic E-state index is 6.20. The third kappa shape index (κ3) is 3.83. The second kappa shape index (κ2) is 7.23. The molecule has 1 fully saturated rings. The van der Waals surface area contributed by atoms with Gasteiger partial charge >= 0.3 is 0 Å². The van der Waals surface area contributed by atoms with E-state index in [0.717, 1.165) is 37.7 Å². The van der Waals surface area contributed by atoms with E-state index in [2.05, 4.69) is 16.5 Å². The highest BCUT2D eigenvalue weighted by molar-refractivity contribution is 4.90. The first-order valence-electron chi connectivity index (χ1n) is 8.01. The third-order valence-electron chi connectivity index (χ3n) is 4.75. The number of aromatic nitrogens is 2. The van der Waals surface area contributed by atoms with Crippen molar-refractivity contribution in [3.8, 4) is 0 Å². The Morgan fingerprint density at radius 2 is 2.20 bits per heavy atom. The molecule has 0 radical (unpaired) electrons. The molecule has 4 nitrogen and oxygen atoms in total. The molecule has 1 heterocycles. The fraction of sp³-hybridized carbons (Fsp3) is 0.812. The Kier molecular flexibility index (Phi) is 5.61. The standard InChI is InChI=1S/C16H29N3O/c1-3-4-15-5-7-16(13-17,8-6-15)20-12-11-19-10-9-18-14(19)2/h9-10,15H,3-8,11-13,17H2,1-2H3. The Morgan fingerprint density at radius 1 is 1.45 bits per heavy atom. The van der Waals surface area contributed by atoms with Crippen LogP contribution in [0.5, 0.6) is 0 Å². The van der Waals surface area contributed by atoms with Gasteiger partial charge in [0.25, 0.3) is 0 Å². The first-order valence-corrected chi connectivity index (χ1v) is 8.01. The molecule has 0 amide bonds. The van der Waals surface area contributed by atoms with Gasteiger partial charge in [0.05, 0.1) is 12.2 Å². The monoisotopic (exact) mass is 279 g/mol. The maximum absolute atomic E-state index is 6.20. The molecule has 1 aromatic rings. The van der Waals surface area contributed by atoms with Crippen molar-refractivity contribution in [2.24, 2.45) is 11.7 Å². The van der Waals surface area contributed by atoms with Gasteiger partial charge in [-0.25, -0.2) is 4.98 Å². The zero-order valence-electron chi connectivity index (χ0n) is 13.0. The highest BCUT2D eigenvalue weighted by Gasteiger charge is 2.34. The number of hydrogen-bond acceptors (Lipinski definition) is 3. The van der Waals surface area contributed by atoms with E-state index < -0.39 is 0 Å². The molecule has 0 atom stereocenters. The molecule has 2 N–H and O–H groups in total. The van der Waals surface area contributed by atoms with E-state index in [4.69, 9.17) is 10.5 Å². The molecular formula is C16H29N3O. The van der Waals surface area contributed by atoms with Crippen LogP contribution >= 0.6 is 0 Å². The molecule has 2 rings (SSSR count). The van der Waals surface area contributed by atoms with Crippen LogP contribution in [-0.4, -0.2) is 28.3 Å². The highest BCUT2D eigenvalue weighted by Crippen LogP contribution is 2.36. The van der Waals surface area contributed by atoms with Crippen molar-refractivity contribution in [3.63, 3.8) is 0 Å². The van der Waals surface area contributed by atoms with Crippen LogP contribution in [0.25, 0.3) is 0 Å². The number of hydrogen-bond donors (Lipinski definition) is 1. The lowest BCUT2D eigenvalue weighted by atomic mass is 9.77. The molecule has 1 aliphatic rings. The van der Waals surface area contributed by atoms with Crippen molar-refractivity contribution in [2.45, 2.75) is 64.5 Å². The van der Waals surface area contributed by atoms with Crippen molar-refractivity contribution in [1.82, 2.24) is 9.55 Å². The summed E-state index contributed by atoms with van der Waals surface area (Å²) in [7, 11) is 0. The average molecular weight is 279 g/mol. The van der Waals surface area contributed by atoms with Crippen LogP contribution in [-0.2, 0) is 11.3 Å². The van der Waals surface area contributed by atoms with Crippen molar-refractivity contribution in [2.75, 3.05) is 13.2 Å². The summed E-state index contributed by atoms with van der Waals surface area (Å²) < 4.78 is 8.33. The van der Waals surface area contributed by atoms with Gasteiger partial charge in [-0.05, 0) is 38.5 Å². The lowest BCUT2D eigenvalue weighted by Gasteiger charge is -2.39. The van der Waals surface area contributed by atoms with Crippen molar-refractivity contribution >= 4 is 0 Å². The molecule has 0 aliphatic heterocycles. The van der Waals surface area contributed by atoms with Gasteiger partial charge in [0.15, 0.2) is 0 Å². The van der Waals surface area contributed by atoms with Crippen LogP contribution < -0.4 is 5.73 Å². The largest absolute Gasteiger partial charge is 0.372 e. The van der Waals surface area contributed by atoms with Gasteiger partial charge in [-0.3, -0.25) is 0 Å². The predicted molar refractivity (Wildman–Crippen MR) is 81.6 cm³/mol. The minimum Gasteiger partial charge on any atom is -0.372 e. The van der Waals surface area contributed by atoms with Crippen molar-refractivity contribution < 1.29 is 4.74 Å². The van der Waals surface area contributed by atoms with Gasteiger partial charge in [-0.15, -0.1) is 0 Å². The van der Waals surface area contributed by atoms with E-state index >= 15 is 0 Å². The summed E-state index contributed by atoms with van der Waals surface area (Å²) >= 11 is 0. The van der Waals surface area contributed by atoms with Gasteiger partial charge in [-0.1, -0.05) is 19.8 Å². The normalized spacial score (nSPS) is 26.9. The molecule has 0 spiro atoms. The summed E-state index contributed by atoms with van der Waals surface area (Å²) in [5.41, 5.74) is 5.93. The molecule has 114 valence electrons. The fourth-order valence-electron chi connectivity index (χ4n) is 3.31. The van der Waals surface area contributed by atoms with Crippen LogP contribution in [0.1, 0.15) is 51.3 Å². The summed E-state index contributed by atoms with van der Waals surface area (Å²) in [6.07, 6.45) is 11.3. The second-order valence-electron chi connectivity index (χ2n) is 6.14. The third-order valence-corrected chi connectivity index (χ3v) is 4.75. The molecular weight excluding hydrogens is 250 g/mol. The van der Waals surface area contributed by atoms with E-state index in [1.54, 1.807) is 0 Å². The van der Waals surface area contributed by atoms with Crippen molar-refractivity contribution in [3.05, 3.63) is 18.2 Å². The number of nitrogens with two attached hydrogens (primary N) is 1. The Hall–Kier alpha value is -0.870. The molecule has 0 saturated heterocycles. The smallest absolute Gasteiger partial charge is 0.105 e. The molecule has 1 saturated carbocycles. The fourth-order valence-corrected chi connectivity index (χ4v) is 3.31. The molecule has 0 unspecified atom stereocenters. The van der Waals surface area contributed by atoms with Crippen LogP contribution in [0.3, 0.4) is 0 Å². The molecule has 4 heteroatoms. The Balaban J connectivity index is 1.79. The Morgan fingerprint density at radius 3 is 2.75 bits per heavy atom.